The lowest BCUT2D eigenvalue weighted by molar-refractivity contribution is -0.117. The van der Waals surface area contributed by atoms with Gasteiger partial charge in [0.05, 0.1) is 23.4 Å². The first kappa shape index (κ1) is 13.1. The summed E-state index contributed by atoms with van der Waals surface area (Å²) in [5.41, 5.74) is 5.84. The number of carbonyl (C=O) groups excluding carboxylic acids is 1. The van der Waals surface area contributed by atoms with Gasteiger partial charge >= 0.3 is 0 Å². The van der Waals surface area contributed by atoms with Crippen molar-refractivity contribution in [1.82, 2.24) is 0 Å². The Morgan fingerprint density at radius 3 is 2.88 bits per heavy atom. The van der Waals surface area contributed by atoms with Crippen LogP contribution in [0.25, 0.3) is 0 Å². The predicted octanol–water partition coefficient (Wildman–Crippen LogP) is 1.76. The summed E-state index contributed by atoms with van der Waals surface area (Å²) in [6.45, 7) is 1.91. The molecule has 0 bridgehead atoms. The maximum Gasteiger partial charge on any atom is 0.241 e. The van der Waals surface area contributed by atoms with Crippen molar-refractivity contribution >= 4 is 11.6 Å². The number of benzene rings is 1. The Morgan fingerprint density at radius 1 is 1.65 bits per heavy atom. The minimum atomic E-state index is -0.643. The van der Waals surface area contributed by atoms with Crippen molar-refractivity contribution in [2.24, 2.45) is 5.73 Å². The molecule has 0 aromatic heterocycles. The lowest BCUT2D eigenvalue weighted by Gasteiger charge is -2.11. The Labute approximate surface area is 99.2 Å². The molecule has 0 aliphatic rings. The van der Waals surface area contributed by atoms with Gasteiger partial charge in [0.25, 0.3) is 0 Å². The largest absolute Gasteiger partial charge is 0.322 e. The van der Waals surface area contributed by atoms with E-state index in [4.69, 9.17) is 11.0 Å². The quantitative estimate of drug-likeness (QED) is 0.834. The molecular weight excluding hydrogens is 221 g/mol. The van der Waals surface area contributed by atoms with Gasteiger partial charge in [-0.3, -0.25) is 4.79 Å². The summed E-state index contributed by atoms with van der Waals surface area (Å²) in [6, 6.07) is 5.03. The smallest absolute Gasteiger partial charge is 0.241 e. The van der Waals surface area contributed by atoms with Crippen LogP contribution in [0.5, 0.6) is 0 Å². The number of anilines is 1. The van der Waals surface area contributed by atoms with Gasteiger partial charge in [0.2, 0.25) is 5.91 Å². The van der Waals surface area contributed by atoms with Crippen molar-refractivity contribution in [2.75, 3.05) is 5.32 Å². The van der Waals surface area contributed by atoms with E-state index in [-0.39, 0.29) is 11.3 Å². The van der Waals surface area contributed by atoms with Crippen LogP contribution in [-0.2, 0) is 4.79 Å². The van der Waals surface area contributed by atoms with Gasteiger partial charge in [-0.2, -0.15) is 5.26 Å². The molecule has 1 rings (SSSR count). The molecule has 1 atom stereocenters. The summed E-state index contributed by atoms with van der Waals surface area (Å²) in [5, 5.41) is 11.0. The first-order valence-electron chi connectivity index (χ1n) is 5.34. The highest BCUT2D eigenvalue weighted by Crippen LogP contribution is 2.15. The highest BCUT2D eigenvalue weighted by molar-refractivity contribution is 5.94. The van der Waals surface area contributed by atoms with Gasteiger partial charge in [-0.15, -0.1) is 0 Å². The van der Waals surface area contributed by atoms with Crippen LogP contribution in [0.15, 0.2) is 18.2 Å². The van der Waals surface area contributed by atoms with Gasteiger partial charge in [0.1, 0.15) is 5.82 Å². The van der Waals surface area contributed by atoms with Crippen LogP contribution in [-0.4, -0.2) is 11.9 Å². The average Bonchev–Trinajstić information content (AvgIpc) is 2.31. The fourth-order valence-electron chi connectivity index (χ4n) is 1.35. The molecular formula is C12H14FN3O. The van der Waals surface area contributed by atoms with E-state index in [1.807, 2.05) is 13.0 Å². The zero-order valence-corrected chi connectivity index (χ0v) is 9.53. The fourth-order valence-corrected chi connectivity index (χ4v) is 1.35. The van der Waals surface area contributed by atoms with Crippen molar-refractivity contribution in [2.45, 2.75) is 25.8 Å². The number of carbonyl (C=O) groups is 1. The van der Waals surface area contributed by atoms with Crippen LogP contribution in [0.3, 0.4) is 0 Å². The normalized spacial score (nSPS) is 11.6. The highest BCUT2D eigenvalue weighted by atomic mass is 19.1. The van der Waals surface area contributed by atoms with E-state index >= 15 is 0 Å². The molecule has 1 aromatic carbocycles. The van der Waals surface area contributed by atoms with E-state index in [0.717, 1.165) is 12.5 Å². The molecule has 0 fully saturated rings. The lowest BCUT2D eigenvalue weighted by Crippen LogP contribution is -2.35. The average molecular weight is 235 g/mol. The van der Waals surface area contributed by atoms with Gasteiger partial charge in [-0.25, -0.2) is 4.39 Å². The molecule has 0 radical (unpaired) electrons. The second kappa shape index (κ2) is 5.97. The molecule has 4 nitrogen and oxygen atoms in total. The number of halogens is 1. The Morgan fingerprint density at radius 2 is 2.35 bits per heavy atom. The Kier molecular flexibility index (Phi) is 4.61. The summed E-state index contributed by atoms with van der Waals surface area (Å²) in [5.74, 6) is -1.06. The van der Waals surface area contributed by atoms with Gasteiger partial charge in [-0.05, 0) is 24.6 Å². The SMILES string of the molecule is CCC[C@@H](N)C(=O)Nc1ccc(C#N)cc1F. The Bertz CT molecular complexity index is 454. The topological polar surface area (TPSA) is 78.9 Å². The highest BCUT2D eigenvalue weighted by Gasteiger charge is 2.14. The molecule has 90 valence electrons. The number of nitrogens with one attached hydrogen (secondary N) is 1. The number of nitrogens with two attached hydrogens (primary N) is 1. The molecule has 0 heterocycles. The van der Waals surface area contributed by atoms with E-state index in [9.17, 15) is 9.18 Å². The van der Waals surface area contributed by atoms with Crippen LogP contribution >= 0.6 is 0 Å². The van der Waals surface area contributed by atoms with Gasteiger partial charge in [0, 0.05) is 0 Å². The van der Waals surface area contributed by atoms with Crippen molar-refractivity contribution in [1.29, 1.82) is 5.26 Å². The third kappa shape index (κ3) is 3.54. The van der Waals surface area contributed by atoms with Gasteiger partial charge in [-0.1, -0.05) is 13.3 Å². The molecule has 0 aliphatic carbocycles. The molecule has 17 heavy (non-hydrogen) atoms. The van der Waals surface area contributed by atoms with Gasteiger partial charge in [0.15, 0.2) is 0 Å². The number of nitriles is 1. The first-order chi connectivity index (χ1) is 8.08. The van der Waals surface area contributed by atoms with Crippen LogP contribution in [0.1, 0.15) is 25.3 Å². The predicted molar refractivity (Wildman–Crippen MR) is 62.6 cm³/mol. The van der Waals surface area contributed by atoms with E-state index < -0.39 is 17.8 Å². The van der Waals surface area contributed by atoms with E-state index in [1.165, 1.54) is 12.1 Å². The standard InChI is InChI=1S/C12H14FN3O/c1-2-3-10(15)12(17)16-11-5-4-8(7-14)6-9(11)13/h4-6,10H,2-3,15H2,1H3,(H,16,17)/t10-/m1/s1. The summed E-state index contributed by atoms with van der Waals surface area (Å²) >= 11 is 0. The summed E-state index contributed by atoms with van der Waals surface area (Å²) < 4.78 is 13.4. The second-order valence-electron chi connectivity index (χ2n) is 3.69. The van der Waals surface area contributed by atoms with Crippen LogP contribution in [0.4, 0.5) is 10.1 Å². The summed E-state index contributed by atoms with van der Waals surface area (Å²) in [4.78, 5) is 11.5. The van der Waals surface area contributed by atoms with Crippen molar-refractivity contribution < 1.29 is 9.18 Å². The number of hydrogen-bond donors (Lipinski definition) is 2. The molecule has 0 saturated heterocycles. The fraction of sp³-hybridized carbons (Fsp3) is 0.333. The third-order valence-corrected chi connectivity index (χ3v) is 2.29. The molecule has 0 spiro atoms. The first-order valence-corrected chi connectivity index (χ1v) is 5.34. The molecule has 0 unspecified atom stereocenters. The Hall–Kier alpha value is -1.93. The maximum atomic E-state index is 13.4. The zero-order valence-electron chi connectivity index (χ0n) is 9.53. The Balaban J connectivity index is 2.76. The number of amides is 1. The zero-order chi connectivity index (χ0) is 12.8. The van der Waals surface area contributed by atoms with Crippen LogP contribution < -0.4 is 11.1 Å². The number of rotatable bonds is 4. The van der Waals surface area contributed by atoms with E-state index in [1.54, 1.807) is 0 Å². The molecule has 0 saturated carbocycles. The van der Waals surface area contributed by atoms with E-state index in [0.29, 0.717) is 6.42 Å². The van der Waals surface area contributed by atoms with Crippen LogP contribution in [0, 0.1) is 17.1 Å². The van der Waals surface area contributed by atoms with Crippen molar-refractivity contribution in [3.05, 3.63) is 29.6 Å². The van der Waals surface area contributed by atoms with Crippen LogP contribution in [0.2, 0.25) is 0 Å². The molecule has 3 N–H and O–H groups in total. The summed E-state index contributed by atoms with van der Waals surface area (Å²) in [7, 11) is 0. The maximum absolute atomic E-state index is 13.4. The molecule has 1 aromatic rings. The van der Waals surface area contributed by atoms with Crippen molar-refractivity contribution in [3.63, 3.8) is 0 Å². The molecule has 1 amide bonds. The monoisotopic (exact) mass is 235 g/mol. The van der Waals surface area contributed by atoms with Crippen molar-refractivity contribution in [3.8, 4) is 6.07 Å². The third-order valence-electron chi connectivity index (χ3n) is 2.29. The number of hydrogen-bond acceptors (Lipinski definition) is 3. The minimum absolute atomic E-state index is 0.0422. The van der Waals surface area contributed by atoms with Gasteiger partial charge < -0.3 is 11.1 Å². The minimum Gasteiger partial charge on any atom is -0.322 e. The summed E-state index contributed by atoms with van der Waals surface area (Å²) in [6.07, 6.45) is 1.33. The molecule has 5 heteroatoms. The van der Waals surface area contributed by atoms with E-state index in [2.05, 4.69) is 5.32 Å². The lowest BCUT2D eigenvalue weighted by atomic mass is 10.1. The molecule has 0 aliphatic heterocycles. The second-order valence-corrected chi connectivity index (χ2v) is 3.69. The number of nitrogens with zero attached hydrogens (tertiary/aromatic N) is 1.